The molecule has 0 aliphatic heterocycles. The molecule has 1 aromatic heterocycles. The van der Waals surface area contributed by atoms with Crippen molar-refractivity contribution in [2.45, 2.75) is 60.4 Å². The van der Waals surface area contributed by atoms with Crippen LogP contribution in [0.2, 0.25) is 0 Å². The van der Waals surface area contributed by atoms with Crippen LogP contribution in [0, 0.1) is 0 Å². The van der Waals surface area contributed by atoms with Crippen molar-refractivity contribution < 1.29 is 0 Å². The maximum atomic E-state index is 4.45. The molecule has 82 valence electrons. The van der Waals surface area contributed by atoms with Crippen LogP contribution < -0.4 is 0 Å². The minimum absolute atomic E-state index is 0.433. The van der Waals surface area contributed by atoms with Crippen molar-refractivity contribution >= 4 is 0 Å². The van der Waals surface area contributed by atoms with Gasteiger partial charge in [-0.25, -0.2) is 4.98 Å². The van der Waals surface area contributed by atoms with Crippen LogP contribution in [0.4, 0.5) is 0 Å². The molecule has 0 atom stereocenters. The molecule has 0 aromatic carbocycles. The molecule has 0 aliphatic carbocycles. The molecule has 0 bridgehead atoms. The normalized spacial score (nSPS) is 9.93. The third-order valence-corrected chi connectivity index (χ3v) is 1.90. The predicted molar refractivity (Wildman–Crippen MR) is 60.5 cm³/mol. The maximum absolute atomic E-state index is 4.45. The molecule has 0 aliphatic rings. The lowest BCUT2D eigenvalue weighted by Gasteiger charge is -1.97. The molecule has 0 saturated heterocycles. The second kappa shape index (κ2) is 6.57. The van der Waals surface area contributed by atoms with E-state index in [-0.39, 0.29) is 0 Å². The number of rotatable bonds is 3. The highest BCUT2D eigenvalue weighted by Gasteiger charge is 2.09. The Morgan fingerprint density at radius 1 is 1.21 bits per heavy atom. The molecular formula is C11H23N3. The standard InChI is InChI=1S/C9H17N3.C2H6/c1-5-8-10-9(7(3)4)11-12(8)6-2;1-2/h7H,5-6H2,1-4H3;1-2H3. The summed E-state index contributed by atoms with van der Waals surface area (Å²) in [4.78, 5) is 4.45. The molecule has 14 heavy (non-hydrogen) atoms. The van der Waals surface area contributed by atoms with Crippen LogP contribution in [0.5, 0.6) is 0 Å². The lowest BCUT2D eigenvalue weighted by Crippen LogP contribution is -2.02. The van der Waals surface area contributed by atoms with E-state index in [1.807, 2.05) is 18.5 Å². The van der Waals surface area contributed by atoms with E-state index in [9.17, 15) is 0 Å². The van der Waals surface area contributed by atoms with Crippen LogP contribution in [-0.2, 0) is 13.0 Å². The Labute approximate surface area is 87.5 Å². The minimum Gasteiger partial charge on any atom is -0.250 e. The van der Waals surface area contributed by atoms with E-state index in [0.717, 1.165) is 24.6 Å². The fraction of sp³-hybridized carbons (Fsp3) is 0.818. The molecule has 1 heterocycles. The summed E-state index contributed by atoms with van der Waals surface area (Å²) in [7, 11) is 0. The van der Waals surface area contributed by atoms with Crippen LogP contribution >= 0.6 is 0 Å². The van der Waals surface area contributed by atoms with Crippen LogP contribution in [0.15, 0.2) is 0 Å². The molecule has 1 aromatic rings. The zero-order chi connectivity index (χ0) is 11.1. The zero-order valence-corrected chi connectivity index (χ0v) is 10.3. The van der Waals surface area contributed by atoms with E-state index in [1.165, 1.54) is 0 Å². The third kappa shape index (κ3) is 3.13. The van der Waals surface area contributed by atoms with Gasteiger partial charge in [-0.3, -0.25) is 4.68 Å². The van der Waals surface area contributed by atoms with E-state index in [4.69, 9.17) is 0 Å². The average Bonchev–Trinajstić information content (AvgIpc) is 2.63. The van der Waals surface area contributed by atoms with Gasteiger partial charge in [0, 0.05) is 18.9 Å². The summed E-state index contributed by atoms with van der Waals surface area (Å²) in [6, 6.07) is 0. The van der Waals surface area contributed by atoms with E-state index < -0.39 is 0 Å². The van der Waals surface area contributed by atoms with Crippen molar-refractivity contribution in [3.8, 4) is 0 Å². The topological polar surface area (TPSA) is 30.7 Å². The number of aromatic nitrogens is 3. The highest BCUT2D eigenvalue weighted by molar-refractivity contribution is 4.96. The van der Waals surface area contributed by atoms with Gasteiger partial charge in [0.2, 0.25) is 0 Å². The number of aryl methyl sites for hydroxylation is 2. The Morgan fingerprint density at radius 3 is 2.07 bits per heavy atom. The molecule has 0 radical (unpaired) electrons. The zero-order valence-electron chi connectivity index (χ0n) is 10.3. The highest BCUT2D eigenvalue weighted by atomic mass is 15.3. The van der Waals surface area contributed by atoms with Crippen molar-refractivity contribution in [1.29, 1.82) is 0 Å². The maximum Gasteiger partial charge on any atom is 0.153 e. The molecule has 0 fully saturated rings. The van der Waals surface area contributed by atoms with Gasteiger partial charge in [-0.2, -0.15) is 5.10 Å². The lowest BCUT2D eigenvalue weighted by molar-refractivity contribution is 0.608. The lowest BCUT2D eigenvalue weighted by atomic mass is 10.2. The Hall–Kier alpha value is -0.860. The summed E-state index contributed by atoms with van der Waals surface area (Å²) in [6.45, 7) is 13.4. The van der Waals surface area contributed by atoms with Crippen molar-refractivity contribution in [2.24, 2.45) is 0 Å². The van der Waals surface area contributed by atoms with Gasteiger partial charge in [0.15, 0.2) is 5.82 Å². The first kappa shape index (κ1) is 13.1. The van der Waals surface area contributed by atoms with Gasteiger partial charge in [-0.05, 0) is 6.92 Å². The quantitative estimate of drug-likeness (QED) is 0.745. The summed E-state index contributed by atoms with van der Waals surface area (Å²) >= 11 is 0. The monoisotopic (exact) mass is 197 g/mol. The fourth-order valence-electron chi connectivity index (χ4n) is 1.15. The SMILES string of the molecule is CC.CCc1nc(C(C)C)nn1CC. The highest BCUT2D eigenvalue weighted by Crippen LogP contribution is 2.10. The van der Waals surface area contributed by atoms with Crippen molar-refractivity contribution in [2.75, 3.05) is 0 Å². The number of nitrogens with zero attached hydrogens (tertiary/aromatic N) is 3. The predicted octanol–water partition coefficient (Wildman–Crippen LogP) is 3.01. The van der Waals surface area contributed by atoms with Crippen molar-refractivity contribution in [1.82, 2.24) is 14.8 Å². The van der Waals surface area contributed by atoms with Crippen molar-refractivity contribution in [3.05, 3.63) is 11.6 Å². The molecule has 3 heteroatoms. The molecule has 0 unspecified atom stereocenters. The first-order valence-electron chi connectivity index (χ1n) is 5.62. The summed E-state index contributed by atoms with van der Waals surface area (Å²) in [5.74, 6) is 2.50. The fourth-order valence-corrected chi connectivity index (χ4v) is 1.15. The van der Waals surface area contributed by atoms with Gasteiger partial charge >= 0.3 is 0 Å². The summed E-state index contributed by atoms with van der Waals surface area (Å²) in [5.41, 5.74) is 0. The third-order valence-electron chi connectivity index (χ3n) is 1.90. The largest absolute Gasteiger partial charge is 0.250 e. The van der Waals surface area contributed by atoms with E-state index in [0.29, 0.717) is 5.92 Å². The number of hydrogen-bond donors (Lipinski definition) is 0. The minimum atomic E-state index is 0.433. The van der Waals surface area contributed by atoms with Gasteiger partial charge in [-0.1, -0.05) is 34.6 Å². The first-order valence-corrected chi connectivity index (χ1v) is 5.62. The Kier molecular flexibility index (Phi) is 6.17. The average molecular weight is 197 g/mol. The van der Waals surface area contributed by atoms with Crippen LogP contribution in [0.3, 0.4) is 0 Å². The molecule has 3 nitrogen and oxygen atoms in total. The molecule has 0 N–H and O–H groups in total. The summed E-state index contributed by atoms with van der Waals surface area (Å²) < 4.78 is 1.98. The Bertz CT molecular complexity index is 230. The van der Waals surface area contributed by atoms with Crippen molar-refractivity contribution in [3.63, 3.8) is 0 Å². The molecule has 0 spiro atoms. The molecular weight excluding hydrogens is 174 g/mol. The van der Waals surface area contributed by atoms with E-state index in [2.05, 4.69) is 37.8 Å². The van der Waals surface area contributed by atoms with Gasteiger partial charge in [0.1, 0.15) is 5.82 Å². The second-order valence-electron chi connectivity index (χ2n) is 3.21. The molecule has 0 amide bonds. The number of hydrogen-bond acceptors (Lipinski definition) is 2. The molecule has 0 saturated carbocycles. The van der Waals surface area contributed by atoms with Gasteiger partial charge in [0.05, 0.1) is 0 Å². The van der Waals surface area contributed by atoms with Crippen LogP contribution in [0.1, 0.15) is 59.1 Å². The van der Waals surface area contributed by atoms with Gasteiger partial charge in [0.25, 0.3) is 0 Å². The summed E-state index contributed by atoms with van der Waals surface area (Å²) in [6.07, 6.45) is 0.966. The van der Waals surface area contributed by atoms with Gasteiger partial charge in [-0.15, -0.1) is 0 Å². The van der Waals surface area contributed by atoms with Crippen LogP contribution in [-0.4, -0.2) is 14.8 Å². The van der Waals surface area contributed by atoms with Gasteiger partial charge < -0.3 is 0 Å². The Balaban J connectivity index is 0.000000791. The van der Waals surface area contributed by atoms with Crippen LogP contribution in [0.25, 0.3) is 0 Å². The van der Waals surface area contributed by atoms with E-state index >= 15 is 0 Å². The smallest absolute Gasteiger partial charge is 0.153 e. The summed E-state index contributed by atoms with van der Waals surface area (Å²) in [5, 5.41) is 4.40. The Morgan fingerprint density at radius 2 is 1.79 bits per heavy atom. The first-order chi connectivity index (χ1) is 6.69. The molecule has 1 rings (SSSR count). The second-order valence-corrected chi connectivity index (χ2v) is 3.21. The van der Waals surface area contributed by atoms with E-state index in [1.54, 1.807) is 0 Å².